The van der Waals surface area contributed by atoms with Crippen molar-refractivity contribution in [3.05, 3.63) is 41.6 Å². The zero-order valence-corrected chi connectivity index (χ0v) is 13.9. The second-order valence-electron chi connectivity index (χ2n) is 6.13. The Balaban J connectivity index is 0.000000155. The minimum absolute atomic E-state index is 0.0648. The zero-order chi connectivity index (χ0) is 15.7. The van der Waals surface area contributed by atoms with E-state index in [4.69, 9.17) is 20.9 Å². The number of pyridine rings is 1. The van der Waals surface area contributed by atoms with E-state index in [2.05, 4.69) is 32.7 Å². The third kappa shape index (κ3) is 3.57. The van der Waals surface area contributed by atoms with E-state index in [1.165, 1.54) is 0 Å². The summed E-state index contributed by atoms with van der Waals surface area (Å²) >= 11 is 5.92. The van der Waals surface area contributed by atoms with Gasteiger partial charge >= 0.3 is 7.12 Å². The van der Waals surface area contributed by atoms with E-state index in [9.17, 15) is 0 Å². The maximum atomic E-state index is 5.92. The number of benzene rings is 1. The molecular formula is C16H21BClNO2. The van der Waals surface area contributed by atoms with Crippen LogP contribution in [0, 0.1) is 0 Å². The van der Waals surface area contributed by atoms with Gasteiger partial charge in [-0.15, -0.1) is 0 Å². The van der Waals surface area contributed by atoms with Crippen molar-refractivity contribution in [3.8, 4) is 0 Å². The van der Waals surface area contributed by atoms with Crippen LogP contribution in [-0.2, 0) is 9.31 Å². The fraction of sp³-hybridized carbons (Fsp3) is 0.438. The molecule has 1 saturated heterocycles. The van der Waals surface area contributed by atoms with E-state index < -0.39 is 0 Å². The monoisotopic (exact) mass is 305 g/mol. The zero-order valence-electron chi connectivity index (χ0n) is 13.2. The van der Waals surface area contributed by atoms with Crippen molar-refractivity contribution in [1.82, 2.24) is 4.98 Å². The lowest BCUT2D eigenvalue weighted by atomic mass is 9.90. The van der Waals surface area contributed by atoms with Gasteiger partial charge in [-0.25, -0.2) is 0 Å². The van der Waals surface area contributed by atoms with Gasteiger partial charge in [-0.2, -0.15) is 0 Å². The van der Waals surface area contributed by atoms with Gasteiger partial charge in [0.2, 0.25) is 0 Å². The Morgan fingerprint density at radius 3 is 2.05 bits per heavy atom. The Hall–Kier alpha value is -1.10. The van der Waals surface area contributed by atoms with E-state index in [1.54, 1.807) is 12.3 Å². The van der Waals surface area contributed by atoms with Crippen molar-refractivity contribution in [2.45, 2.75) is 45.7 Å². The molecule has 1 aliphatic rings. The van der Waals surface area contributed by atoms with Crippen molar-refractivity contribution in [2.24, 2.45) is 0 Å². The predicted molar refractivity (Wildman–Crippen MR) is 88.7 cm³/mol. The predicted octanol–water partition coefficient (Wildman–Crippen LogP) is 4.60. The molecule has 112 valence electrons. The molecule has 3 nitrogen and oxygen atoms in total. The van der Waals surface area contributed by atoms with Crippen molar-refractivity contribution in [2.75, 3.05) is 0 Å². The van der Waals surface area contributed by atoms with E-state index in [0.717, 1.165) is 15.9 Å². The Bertz CT molecular complexity index is 609. The van der Waals surface area contributed by atoms with Crippen LogP contribution in [0.1, 0.15) is 27.7 Å². The molecule has 2 heterocycles. The van der Waals surface area contributed by atoms with Crippen LogP contribution in [0.15, 0.2) is 36.5 Å². The van der Waals surface area contributed by atoms with Crippen molar-refractivity contribution in [3.63, 3.8) is 0 Å². The molecule has 2 aromatic rings. The molecule has 0 unspecified atom stereocenters. The molecule has 0 bridgehead atoms. The van der Waals surface area contributed by atoms with Gasteiger partial charge in [-0.3, -0.25) is 4.98 Å². The van der Waals surface area contributed by atoms with Gasteiger partial charge < -0.3 is 9.31 Å². The Morgan fingerprint density at radius 2 is 1.57 bits per heavy atom. The first-order valence-corrected chi connectivity index (χ1v) is 7.46. The van der Waals surface area contributed by atoms with Gasteiger partial charge in [0.05, 0.1) is 21.7 Å². The second-order valence-corrected chi connectivity index (χ2v) is 6.54. The highest BCUT2D eigenvalue weighted by Crippen LogP contribution is 2.36. The Labute approximate surface area is 131 Å². The van der Waals surface area contributed by atoms with Gasteiger partial charge in [-0.05, 0) is 46.7 Å². The summed E-state index contributed by atoms with van der Waals surface area (Å²) in [4.78, 5) is 4.16. The Morgan fingerprint density at radius 1 is 1.00 bits per heavy atom. The molecule has 0 radical (unpaired) electrons. The number of rotatable bonds is 0. The number of para-hydroxylation sites is 1. The van der Waals surface area contributed by atoms with Crippen LogP contribution >= 0.6 is 11.6 Å². The SMILES string of the molecule is CB1OC(C)(C)C(C)(C)O1.Clc1ccnc2ccccc12. The molecule has 0 aliphatic carbocycles. The van der Waals surface area contributed by atoms with Crippen LogP contribution < -0.4 is 0 Å². The third-order valence-corrected chi connectivity index (χ3v) is 4.30. The summed E-state index contributed by atoms with van der Waals surface area (Å²) in [6, 6.07) is 9.61. The first-order chi connectivity index (χ1) is 9.73. The molecule has 1 aliphatic heterocycles. The number of hydrogen-bond acceptors (Lipinski definition) is 3. The lowest BCUT2D eigenvalue weighted by Crippen LogP contribution is -2.41. The average molecular weight is 306 g/mol. The first-order valence-electron chi connectivity index (χ1n) is 7.08. The lowest BCUT2D eigenvalue weighted by molar-refractivity contribution is 0.00578. The summed E-state index contributed by atoms with van der Waals surface area (Å²) in [5.74, 6) is 0. The van der Waals surface area contributed by atoms with Gasteiger partial charge in [0.1, 0.15) is 0 Å². The van der Waals surface area contributed by atoms with Crippen LogP contribution in [0.3, 0.4) is 0 Å². The molecule has 0 saturated carbocycles. The third-order valence-electron chi connectivity index (χ3n) is 3.97. The standard InChI is InChI=1S/C9H6ClN.C7H15BO2/c10-8-5-6-11-9-4-2-1-3-7(8)9;1-6(2)7(3,4)10-8(5)9-6/h1-6H;1-5H3. The van der Waals surface area contributed by atoms with Crippen molar-refractivity contribution < 1.29 is 9.31 Å². The van der Waals surface area contributed by atoms with Gasteiger partial charge in [0, 0.05) is 11.6 Å². The second kappa shape index (κ2) is 5.95. The van der Waals surface area contributed by atoms with E-state index in [1.807, 2.05) is 31.1 Å². The van der Waals surface area contributed by atoms with E-state index in [-0.39, 0.29) is 18.3 Å². The molecular weight excluding hydrogens is 284 g/mol. The van der Waals surface area contributed by atoms with Crippen molar-refractivity contribution in [1.29, 1.82) is 0 Å². The number of hydrogen-bond donors (Lipinski definition) is 0. The summed E-state index contributed by atoms with van der Waals surface area (Å²) in [5.41, 5.74) is 0.624. The maximum absolute atomic E-state index is 5.92. The fourth-order valence-electron chi connectivity index (χ4n) is 2.20. The summed E-state index contributed by atoms with van der Waals surface area (Å²) in [6.45, 7) is 10.1. The normalized spacial score (nSPS) is 19.2. The quantitative estimate of drug-likeness (QED) is 0.667. The summed E-state index contributed by atoms with van der Waals surface area (Å²) < 4.78 is 11.1. The first kappa shape index (κ1) is 16.3. The van der Waals surface area contributed by atoms with Crippen molar-refractivity contribution >= 4 is 29.6 Å². The van der Waals surface area contributed by atoms with Crippen LogP contribution in [0.5, 0.6) is 0 Å². The minimum Gasteiger partial charge on any atom is -0.403 e. The smallest absolute Gasteiger partial charge is 0.403 e. The molecule has 1 aromatic heterocycles. The molecule has 0 amide bonds. The van der Waals surface area contributed by atoms with E-state index >= 15 is 0 Å². The number of fused-ring (bicyclic) bond motifs is 1. The van der Waals surface area contributed by atoms with E-state index in [0.29, 0.717) is 0 Å². The highest BCUT2D eigenvalue weighted by Gasteiger charge is 2.48. The van der Waals surface area contributed by atoms with Crippen LogP contribution in [0.25, 0.3) is 10.9 Å². The Kier molecular flexibility index (Phi) is 4.62. The number of aromatic nitrogens is 1. The van der Waals surface area contributed by atoms with Crippen LogP contribution in [0.4, 0.5) is 0 Å². The molecule has 21 heavy (non-hydrogen) atoms. The average Bonchev–Trinajstić information content (AvgIpc) is 2.57. The topological polar surface area (TPSA) is 31.4 Å². The molecule has 0 N–H and O–H groups in total. The molecule has 3 rings (SSSR count). The number of nitrogens with zero attached hydrogens (tertiary/aromatic N) is 1. The summed E-state index contributed by atoms with van der Waals surface area (Å²) in [5, 5.41) is 1.77. The van der Waals surface area contributed by atoms with Gasteiger partial charge in [0.25, 0.3) is 0 Å². The van der Waals surface area contributed by atoms with Crippen LogP contribution in [-0.4, -0.2) is 23.3 Å². The largest absolute Gasteiger partial charge is 0.454 e. The van der Waals surface area contributed by atoms with Crippen LogP contribution in [0.2, 0.25) is 11.8 Å². The molecule has 0 spiro atoms. The molecule has 0 atom stereocenters. The maximum Gasteiger partial charge on any atom is 0.454 e. The van der Waals surface area contributed by atoms with Gasteiger partial charge in [-0.1, -0.05) is 29.8 Å². The lowest BCUT2D eigenvalue weighted by Gasteiger charge is -2.32. The highest BCUT2D eigenvalue weighted by atomic mass is 35.5. The van der Waals surface area contributed by atoms with Gasteiger partial charge in [0.15, 0.2) is 0 Å². The molecule has 1 aromatic carbocycles. The minimum atomic E-state index is -0.160. The highest BCUT2D eigenvalue weighted by molar-refractivity contribution is 6.43. The summed E-state index contributed by atoms with van der Waals surface area (Å²) in [7, 11) is -0.0648. The number of halogens is 1. The summed E-state index contributed by atoms with van der Waals surface area (Å²) in [6.07, 6.45) is 1.71. The molecule has 5 heteroatoms. The molecule has 1 fully saturated rings. The fourth-order valence-corrected chi connectivity index (χ4v) is 2.41.